The van der Waals surface area contributed by atoms with E-state index >= 15 is 0 Å². The van der Waals surface area contributed by atoms with E-state index in [1.165, 1.54) is 0 Å². The third-order valence-corrected chi connectivity index (χ3v) is 2.74. The number of carbonyl (C=O) groups excluding carboxylic acids is 1. The first-order chi connectivity index (χ1) is 10.9. The summed E-state index contributed by atoms with van der Waals surface area (Å²) in [6, 6.07) is 6.38. The van der Waals surface area contributed by atoms with Crippen molar-refractivity contribution in [3.63, 3.8) is 0 Å². The Labute approximate surface area is 129 Å². The third kappa shape index (κ3) is 3.94. The number of nitro benzene ring substituents is 1. The fourth-order valence-corrected chi connectivity index (χ4v) is 1.70. The lowest BCUT2D eigenvalue weighted by molar-refractivity contribution is -0.385. The minimum Gasteiger partial charge on any atom is -0.872 e. The standard InChI is InChI=1S/C14H11N3O6/c18-11-4-8(5-12(19)6-11)14(21)16-15-7-9-3-10(17(22)23)1-2-13(9)20/h1-7,18-20H,(H,16,21)/p-1. The monoisotopic (exact) mass is 316 g/mol. The Kier molecular flexibility index (Phi) is 4.41. The van der Waals surface area contributed by atoms with E-state index in [2.05, 4.69) is 10.5 Å². The molecule has 0 aliphatic rings. The molecule has 0 radical (unpaired) electrons. The van der Waals surface area contributed by atoms with Crippen LogP contribution in [-0.2, 0) is 0 Å². The zero-order chi connectivity index (χ0) is 17.0. The molecule has 3 N–H and O–H groups in total. The van der Waals surface area contributed by atoms with Gasteiger partial charge in [-0.2, -0.15) is 5.10 Å². The molecule has 2 aromatic rings. The summed E-state index contributed by atoms with van der Waals surface area (Å²) in [5.74, 6) is -1.85. The van der Waals surface area contributed by atoms with Crippen LogP contribution < -0.4 is 10.5 Å². The summed E-state index contributed by atoms with van der Waals surface area (Å²) in [7, 11) is 0. The summed E-state index contributed by atoms with van der Waals surface area (Å²) >= 11 is 0. The van der Waals surface area contributed by atoms with E-state index in [9.17, 15) is 30.2 Å². The predicted octanol–water partition coefficient (Wildman–Crippen LogP) is 0.843. The lowest BCUT2D eigenvalue weighted by atomic mass is 10.2. The molecule has 0 spiro atoms. The van der Waals surface area contributed by atoms with Crippen molar-refractivity contribution < 1.29 is 25.0 Å². The van der Waals surface area contributed by atoms with E-state index in [0.717, 1.165) is 42.6 Å². The lowest BCUT2D eigenvalue weighted by Gasteiger charge is -2.08. The zero-order valence-electron chi connectivity index (χ0n) is 11.5. The first-order valence-corrected chi connectivity index (χ1v) is 6.18. The lowest BCUT2D eigenvalue weighted by Crippen LogP contribution is -2.17. The van der Waals surface area contributed by atoms with Gasteiger partial charge in [-0.15, -0.1) is 0 Å². The van der Waals surface area contributed by atoms with Crippen molar-refractivity contribution in [3.05, 3.63) is 57.6 Å². The van der Waals surface area contributed by atoms with Gasteiger partial charge in [-0.1, -0.05) is 11.8 Å². The first kappa shape index (κ1) is 15.8. The van der Waals surface area contributed by atoms with Gasteiger partial charge < -0.3 is 15.3 Å². The Bertz CT molecular complexity index is 783. The molecule has 9 heteroatoms. The fourth-order valence-electron chi connectivity index (χ4n) is 1.70. The van der Waals surface area contributed by atoms with E-state index in [0.29, 0.717) is 0 Å². The van der Waals surface area contributed by atoms with Gasteiger partial charge in [0.15, 0.2) is 0 Å². The molecule has 0 heterocycles. The van der Waals surface area contributed by atoms with Crippen molar-refractivity contribution in [1.82, 2.24) is 5.43 Å². The highest BCUT2D eigenvalue weighted by atomic mass is 16.6. The topological polar surface area (TPSA) is 148 Å². The third-order valence-electron chi connectivity index (χ3n) is 2.74. The molecule has 9 nitrogen and oxygen atoms in total. The van der Waals surface area contributed by atoms with E-state index in [4.69, 9.17) is 0 Å². The summed E-state index contributed by atoms with van der Waals surface area (Å²) in [6.45, 7) is 0. The first-order valence-electron chi connectivity index (χ1n) is 6.18. The number of benzene rings is 2. The van der Waals surface area contributed by atoms with Gasteiger partial charge in [0, 0.05) is 23.8 Å². The molecule has 0 atom stereocenters. The smallest absolute Gasteiger partial charge is 0.271 e. The van der Waals surface area contributed by atoms with Gasteiger partial charge in [-0.05, 0) is 17.7 Å². The largest absolute Gasteiger partial charge is 0.872 e. The van der Waals surface area contributed by atoms with Gasteiger partial charge in [-0.25, -0.2) is 5.43 Å². The van der Waals surface area contributed by atoms with E-state index < -0.39 is 16.6 Å². The number of nitrogens with zero attached hydrogens (tertiary/aromatic N) is 2. The van der Waals surface area contributed by atoms with Crippen LogP contribution in [0, 0.1) is 10.1 Å². The van der Waals surface area contributed by atoms with E-state index in [1.54, 1.807) is 0 Å². The molecule has 0 unspecified atom stereocenters. The molecule has 0 saturated heterocycles. The number of hydrogen-bond donors (Lipinski definition) is 3. The average Bonchev–Trinajstić information content (AvgIpc) is 2.47. The quantitative estimate of drug-likeness (QED) is 0.432. The highest BCUT2D eigenvalue weighted by molar-refractivity contribution is 5.95. The number of nitro groups is 1. The summed E-state index contributed by atoms with van der Waals surface area (Å²) < 4.78 is 0. The average molecular weight is 316 g/mol. The summed E-state index contributed by atoms with van der Waals surface area (Å²) in [4.78, 5) is 21.7. The molecule has 1 amide bonds. The van der Waals surface area contributed by atoms with Crippen LogP contribution in [0.3, 0.4) is 0 Å². The van der Waals surface area contributed by atoms with Gasteiger partial charge in [-0.3, -0.25) is 14.9 Å². The van der Waals surface area contributed by atoms with Crippen LogP contribution in [0.25, 0.3) is 0 Å². The highest BCUT2D eigenvalue weighted by Gasteiger charge is 2.08. The number of non-ortho nitro benzene ring substituents is 1. The van der Waals surface area contributed by atoms with Crippen LogP contribution in [0.5, 0.6) is 17.2 Å². The number of carbonyl (C=O) groups is 1. The minimum absolute atomic E-state index is 0.0546. The predicted molar refractivity (Wildman–Crippen MR) is 77.4 cm³/mol. The number of phenolic OH excluding ortho intramolecular Hbond substituents is 2. The second-order valence-electron chi connectivity index (χ2n) is 4.42. The summed E-state index contributed by atoms with van der Waals surface area (Å²) in [6.07, 6.45) is 0.968. The van der Waals surface area contributed by atoms with Crippen molar-refractivity contribution in [2.24, 2.45) is 5.10 Å². The Morgan fingerprint density at radius 3 is 2.43 bits per heavy atom. The summed E-state index contributed by atoms with van der Waals surface area (Å²) in [5.41, 5.74) is 1.67. The summed E-state index contributed by atoms with van der Waals surface area (Å²) in [5, 5.41) is 44.3. The Morgan fingerprint density at radius 1 is 1.17 bits per heavy atom. The number of nitrogens with one attached hydrogen (secondary N) is 1. The van der Waals surface area contributed by atoms with Crippen molar-refractivity contribution in [1.29, 1.82) is 0 Å². The van der Waals surface area contributed by atoms with Gasteiger partial charge in [0.1, 0.15) is 11.5 Å². The molecule has 118 valence electrons. The van der Waals surface area contributed by atoms with E-state index in [1.807, 2.05) is 0 Å². The molecule has 0 saturated carbocycles. The van der Waals surface area contributed by atoms with Gasteiger partial charge in [0.25, 0.3) is 11.6 Å². The number of amides is 1. The van der Waals surface area contributed by atoms with E-state index in [-0.39, 0.29) is 28.3 Å². The minimum atomic E-state index is -0.745. The number of hydrogen-bond acceptors (Lipinski definition) is 7. The second kappa shape index (κ2) is 6.43. The molecule has 2 rings (SSSR count). The molecule has 23 heavy (non-hydrogen) atoms. The molecule has 0 aliphatic carbocycles. The SMILES string of the molecule is O=C(NN=Cc1cc([N+](=O)[O-])ccc1[O-])c1cc(O)cc(O)c1. The van der Waals surface area contributed by atoms with Gasteiger partial charge >= 0.3 is 0 Å². The van der Waals surface area contributed by atoms with Crippen LogP contribution in [-0.4, -0.2) is 27.3 Å². The second-order valence-corrected chi connectivity index (χ2v) is 4.42. The number of aromatic hydroxyl groups is 2. The maximum Gasteiger partial charge on any atom is 0.271 e. The van der Waals surface area contributed by atoms with Crippen LogP contribution in [0.1, 0.15) is 15.9 Å². The normalized spacial score (nSPS) is 10.6. The van der Waals surface area contributed by atoms with Crippen LogP contribution in [0.2, 0.25) is 0 Å². The Morgan fingerprint density at radius 2 is 1.83 bits per heavy atom. The maximum absolute atomic E-state index is 11.8. The number of rotatable bonds is 4. The van der Waals surface area contributed by atoms with Crippen molar-refractivity contribution >= 4 is 17.8 Å². The Balaban J connectivity index is 2.14. The molecular weight excluding hydrogens is 306 g/mol. The fraction of sp³-hybridized carbons (Fsp3) is 0. The van der Waals surface area contributed by atoms with Crippen molar-refractivity contribution in [3.8, 4) is 17.2 Å². The molecule has 0 aromatic heterocycles. The van der Waals surface area contributed by atoms with Gasteiger partial charge in [0.05, 0.1) is 11.1 Å². The molecule has 0 bridgehead atoms. The zero-order valence-corrected chi connectivity index (χ0v) is 11.5. The van der Waals surface area contributed by atoms with Crippen LogP contribution >= 0.6 is 0 Å². The van der Waals surface area contributed by atoms with Crippen LogP contribution in [0.15, 0.2) is 41.5 Å². The van der Waals surface area contributed by atoms with Gasteiger partial charge in [0.2, 0.25) is 0 Å². The highest BCUT2D eigenvalue weighted by Crippen LogP contribution is 2.20. The maximum atomic E-state index is 11.8. The van der Waals surface area contributed by atoms with Crippen LogP contribution in [0.4, 0.5) is 5.69 Å². The number of hydrazone groups is 1. The van der Waals surface area contributed by atoms with Crippen molar-refractivity contribution in [2.75, 3.05) is 0 Å². The van der Waals surface area contributed by atoms with Crippen molar-refractivity contribution in [2.45, 2.75) is 0 Å². The molecular formula is C14H10N3O6-. The molecule has 0 aliphatic heterocycles. The number of phenols is 2. The Hall–Kier alpha value is -3.62. The molecule has 0 fully saturated rings. The molecule has 2 aromatic carbocycles.